The monoisotopic (exact) mass is 316 g/mol. The number of amides is 1. The zero-order valence-electron chi connectivity index (χ0n) is 12.3. The van der Waals surface area contributed by atoms with Crippen LogP contribution in [0.25, 0.3) is 6.08 Å². The summed E-state index contributed by atoms with van der Waals surface area (Å²) in [5.74, 6) is -0.250. The quantitative estimate of drug-likeness (QED) is 0.511. The molecule has 0 aliphatic carbocycles. The highest BCUT2D eigenvalue weighted by atomic mass is 32.1. The Labute approximate surface area is 132 Å². The maximum Gasteiger partial charge on any atom is 0.324 e. The lowest BCUT2D eigenvalue weighted by molar-refractivity contribution is -0.380. The van der Waals surface area contributed by atoms with Crippen molar-refractivity contribution in [1.29, 1.82) is 0 Å². The normalized spacial score (nSPS) is 10.8. The molecule has 0 saturated carbocycles. The van der Waals surface area contributed by atoms with Crippen LogP contribution in [0.15, 0.2) is 36.4 Å². The molecule has 1 aromatic carbocycles. The molecule has 0 unspecified atom stereocenters. The van der Waals surface area contributed by atoms with Gasteiger partial charge in [-0.1, -0.05) is 36.5 Å². The molecule has 0 aliphatic heterocycles. The standard InChI is InChI=1S/C16H16N2O3S/c1-3-12-6-4-5-11(2)16(12)17-14(19)9-7-13-8-10-15(22-13)18(20)21/h4-10H,3H2,1-2H3,(H,17,19)/b9-7+. The van der Waals surface area contributed by atoms with Gasteiger partial charge < -0.3 is 5.32 Å². The lowest BCUT2D eigenvalue weighted by atomic mass is 10.1. The number of hydrogen-bond donors (Lipinski definition) is 1. The average molecular weight is 316 g/mol. The van der Waals surface area contributed by atoms with E-state index in [1.807, 2.05) is 32.0 Å². The van der Waals surface area contributed by atoms with Gasteiger partial charge in [0, 0.05) is 22.7 Å². The molecule has 1 N–H and O–H groups in total. The maximum absolute atomic E-state index is 12.0. The zero-order chi connectivity index (χ0) is 16.1. The fourth-order valence-corrected chi connectivity index (χ4v) is 2.78. The number of nitrogens with one attached hydrogen (secondary N) is 1. The average Bonchev–Trinajstić information content (AvgIpc) is 2.96. The Hall–Kier alpha value is -2.47. The van der Waals surface area contributed by atoms with Crippen molar-refractivity contribution in [3.63, 3.8) is 0 Å². The van der Waals surface area contributed by atoms with Crippen molar-refractivity contribution in [3.05, 3.63) is 62.5 Å². The molecule has 0 bridgehead atoms. The minimum atomic E-state index is -0.442. The highest BCUT2D eigenvalue weighted by molar-refractivity contribution is 7.16. The Morgan fingerprint density at radius 3 is 2.77 bits per heavy atom. The Bertz CT molecular complexity index is 735. The van der Waals surface area contributed by atoms with Crippen molar-refractivity contribution < 1.29 is 9.72 Å². The van der Waals surface area contributed by atoms with Crippen LogP contribution in [-0.4, -0.2) is 10.8 Å². The molecule has 5 nitrogen and oxygen atoms in total. The van der Waals surface area contributed by atoms with Crippen LogP contribution in [0.4, 0.5) is 10.7 Å². The molecule has 1 heterocycles. The molecule has 0 fully saturated rings. The number of anilines is 1. The van der Waals surface area contributed by atoms with Gasteiger partial charge in [0.1, 0.15) is 0 Å². The number of thiophene rings is 1. The lowest BCUT2D eigenvalue weighted by Gasteiger charge is -2.11. The minimum Gasteiger partial charge on any atom is -0.322 e. The molecular weight excluding hydrogens is 300 g/mol. The fourth-order valence-electron chi connectivity index (χ4n) is 2.05. The van der Waals surface area contributed by atoms with Crippen molar-refractivity contribution in [1.82, 2.24) is 0 Å². The SMILES string of the molecule is CCc1cccc(C)c1NC(=O)/C=C/c1ccc([N+](=O)[O-])s1. The molecule has 0 atom stereocenters. The summed E-state index contributed by atoms with van der Waals surface area (Å²) in [4.78, 5) is 22.9. The van der Waals surface area contributed by atoms with E-state index >= 15 is 0 Å². The van der Waals surface area contributed by atoms with Crippen molar-refractivity contribution in [3.8, 4) is 0 Å². The first kappa shape index (κ1) is 15.9. The molecule has 2 rings (SSSR count). The molecule has 0 aliphatic rings. The van der Waals surface area contributed by atoms with E-state index in [0.717, 1.165) is 34.6 Å². The van der Waals surface area contributed by atoms with E-state index in [9.17, 15) is 14.9 Å². The van der Waals surface area contributed by atoms with Gasteiger partial charge >= 0.3 is 5.00 Å². The van der Waals surface area contributed by atoms with Crippen LogP contribution in [0.1, 0.15) is 22.9 Å². The van der Waals surface area contributed by atoms with E-state index in [2.05, 4.69) is 5.32 Å². The van der Waals surface area contributed by atoms with Gasteiger partial charge in [0.05, 0.1) is 4.92 Å². The second kappa shape index (κ2) is 7.00. The van der Waals surface area contributed by atoms with Crippen molar-refractivity contribution >= 4 is 34.0 Å². The molecule has 1 aromatic heterocycles. The summed E-state index contributed by atoms with van der Waals surface area (Å²) < 4.78 is 0. The minimum absolute atomic E-state index is 0.0623. The van der Waals surface area contributed by atoms with E-state index in [0.29, 0.717) is 4.88 Å². The molecule has 22 heavy (non-hydrogen) atoms. The number of nitrogens with zero attached hydrogens (tertiary/aromatic N) is 1. The summed E-state index contributed by atoms with van der Waals surface area (Å²) >= 11 is 1.03. The van der Waals surface area contributed by atoms with Crippen molar-refractivity contribution in [2.75, 3.05) is 5.32 Å². The van der Waals surface area contributed by atoms with Gasteiger partial charge in [0.25, 0.3) is 0 Å². The molecule has 6 heteroatoms. The Balaban J connectivity index is 2.09. The van der Waals surface area contributed by atoms with Gasteiger partial charge in [-0.2, -0.15) is 0 Å². The predicted molar refractivity (Wildman–Crippen MR) is 89.2 cm³/mol. The second-order valence-electron chi connectivity index (χ2n) is 4.72. The Morgan fingerprint density at radius 2 is 2.14 bits per heavy atom. The Morgan fingerprint density at radius 1 is 1.36 bits per heavy atom. The number of carbonyl (C=O) groups excluding carboxylic acids is 1. The van der Waals surface area contributed by atoms with Gasteiger partial charge in [0.15, 0.2) is 0 Å². The van der Waals surface area contributed by atoms with Crippen molar-refractivity contribution in [2.45, 2.75) is 20.3 Å². The summed E-state index contributed by atoms with van der Waals surface area (Å²) in [6.07, 6.45) is 3.80. The first-order valence-electron chi connectivity index (χ1n) is 6.83. The van der Waals surface area contributed by atoms with Gasteiger partial charge in [-0.25, -0.2) is 0 Å². The maximum atomic E-state index is 12.0. The number of aryl methyl sites for hydroxylation is 2. The molecule has 1 amide bonds. The van der Waals surface area contributed by atoms with Crippen molar-refractivity contribution in [2.24, 2.45) is 0 Å². The van der Waals surface area contributed by atoms with E-state index in [4.69, 9.17) is 0 Å². The third kappa shape index (κ3) is 3.79. The molecule has 0 saturated heterocycles. The van der Waals surface area contributed by atoms with Gasteiger partial charge in [0.2, 0.25) is 5.91 Å². The van der Waals surface area contributed by atoms with Gasteiger partial charge in [-0.05, 0) is 36.6 Å². The lowest BCUT2D eigenvalue weighted by Crippen LogP contribution is -2.10. The van der Waals surface area contributed by atoms with E-state index in [-0.39, 0.29) is 10.9 Å². The van der Waals surface area contributed by atoms with E-state index in [1.165, 1.54) is 12.1 Å². The summed E-state index contributed by atoms with van der Waals surface area (Å²) in [5, 5.41) is 13.6. The molecule has 0 spiro atoms. The van der Waals surface area contributed by atoms with Crippen LogP contribution in [0.3, 0.4) is 0 Å². The number of nitro groups is 1. The van der Waals surface area contributed by atoms with Crippen LogP contribution in [0, 0.1) is 17.0 Å². The number of benzene rings is 1. The first-order chi connectivity index (χ1) is 10.5. The summed E-state index contributed by atoms with van der Waals surface area (Å²) in [7, 11) is 0. The first-order valence-corrected chi connectivity index (χ1v) is 7.64. The molecule has 114 valence electrons. The number of rotatable bonds is 5. The Kier molecular flexibility index (Phi) is 5.06. The smallest absolute Gasteiger partial charge is 0.322 e. The second-order valence-corrected chi connectivity index (χ2v) is 5.81. The largest absolute Gasteiger partial charge is 0.324 e. The summed E-state index contributed by atoms with van der Waals surface area (Å²) in [6.45, 7) is 3.98. The highest BCUT2D eigenvalue weighted by Crippen LogP contribution is 2.25. The van der Waals surface area contributed by atoms with Crippen LogP contribution < -0.4 is 5.32 Å². The van der Waals surface area contributed by atoms with Crippen LogP contribution in [-0.2, 0) is 11.2 Å². The third-order valence-corrected chi connectivity index (χ3v) is 4.18. The third-order valence-electron chi connectivity index (χ3n) is 3.18. The highest BCUT2D eigenvalue weighted by Gasteiger charge is 2.09. The molecule has 2 aromatic rings. The van der Waals surface area contributed by atoms with Gasteiger partial charge in [-0.3, -0.25) is 14.9 Å². The number of para-hydroxylation sites is 1. The summed E-state index contributed by atoms with van der Waals surface area (Å²) in [5.41, 5.74) is 2.91. The summed E-state index contributed by atoms with van der Waals surface area (Å²) in [6, 6.07) is 8.94. The van der Waals surface area contributed by atoms with Gasteiger partial charge in [-0.15, -0.1) is 0 Å². The van der Waals surface area contributed by atoms with E-state index in [1.54, 1.807) is 12.1 Å². The molecule has 0 radical (unpaired) electrons. The zero-order valence-corrected chi connectivity index (χ0v) is 13.1. The number of carbonyl (C=O) groups is 1. The number of hydrogen-bond acceptors (Lipinski definition) is 4. The van der Waals surface area contributed by atoms with E-state index < -0.39 is 4.92 Å². The van der Waals surface area contributed by atoms with Crippen LogP contribution >= 0.6 is 11.3 Å². The molecular formula is C16H16N2O3S. The predicted octanol–water partition coefficient (Wildman–Crippen LogP) is 4.18. The van der Waals surface area contributed by atoms with Crippen LogP contribution in [0.2, 0.25) is 0 Å². The fraction of sp³-hybridized carbons (Fsp3) is 0.188. The van der Waals surface area contributed by atoms with Crippen LogP contribution in [0.5, 0.6) is 0 Å². The topological polar surface area (TPSA) is 72.2 Å².